The highest BCUT2D eigenvalue weighted by molar-refractivity contribution is 7.14. The van der Waals surface area contributed by atoms with E-state index in [9.17, 15) is 23.2 Å². The molecule has 0 saturated carbocycles. The van der Waals surface area contributed by atoms with Crippen molar-refractivity contribution in [1.29, 1.82) is 0 Å². The maximum atomic E-state index is 14.5. The number of amides is 1. The molecule has 0 aliphatic rings. The van der Waals surface area contributed by atoms with Gasteiger partial charge < -0.3 is 14.6 Å². The van der Waals surface area contributed by atoms with Gasteiger partial charge in [-0.15, -0.1) is 11.3 Å². The topological polar surface area (TPSA) is 100 Å². The number of hydrogen-bond acceptors (Lipinski definition) is 6. The minimum Gasteiger partial charge on any atom is -0.487 e. The standard InChI is InChI=1S/C24H25F2N5O4S/c1-24(2,3)12-35-20-14(25)8-13(9-15(20)26)16-11-36-22(27-16)28-18(32)10-31-7-6-17-19(31)21(33)30(5)23(34)29(17)4/h6-9,11H,10,12H2,1-5H3,(H,27,28,32). The number of hydrogen-bond donors (Lipinski definition) is 1. The van der Waals surface area contributed by atoms with Crippen LogP contribution >= 0.6 is 11.3 Å². The molecule has 190 valence electrons. The first-order valence-corrected chi connectivity index (χ1v) is 11.9. The summed E-state index contributed by atoms with van der Waals surface area (Å²) >= 11 is 1.09. The molecular formula is C24H25F2N5O4S. The molecule has 3 aromatic heterocycles. The number of carbonyl (C=O) groups is 1. The van der Waals surface area contributed by atoms with E-state index in [4.69, 9.17) is 4.74 Å². The second-order valence-electron chi connectivity index (χ2n) is 9.59. The van der Waals surface area contributed by atoms with Gasteiger partial charge in [-0.05, 0) is 23.6 Å². The summed E-state index contributed by atoms with van der Waals surface area (Å²) in [7, 11) is 2.91. The van der Waals surface area contributed by atoms with E-state index in [0.717, 1.165) is 28.0 Å². The molecule has 0 radical (unpaired) electrons. The molecule has 0 aliphatic heterocycles. The molecule has 0 fully saturated rings. The Bertz CT molecular complexity index is 1570. The fourth-order valence-corrected chi connectivity index (χ4v) is 4.32. The highest BCUT2D eigenvalue weighted by Gasteiger charge is 2.19. The highest BCUT2D eigenvalue weighted by atomic mass is 32.1. The first-order chi connectivity index (χ1) is 16.9. The van der Waals surface area contributed by atoms with Crippen LogP contribution in [0.3, 0.4) is 0 Å². The number of halogens is 2. The number of benzene rings is 1. The minimum atomic E-state index is -0.844. The van der Waals surface area contributed by atoms with Gasteiger partial charge >= 0.3 is 5.69 Å². The Labute approximate surface area is 208 Å². The van der Waals surface area contributed by atoms with Crippen LogP contribution in [-0.2, 0) is 25.4 Å². The maximum absolute atomic E-state index is 14.5. The summed E-state index contributed by atoms with van der Waals surface area (Å²) in [5.41, 5.74) is -0.138. The number of nitrogens with one attached hydrogen (secondary N) is 1. The average Bonchev–Trinajstić information content (AvgIpc) is 3.42. The number of aryl methyl sites for hydroxylation is 1. The van der Waals surface area contributed by atoms with Crippen molar-refractivity contribution < 1.29 is 18.3 Å². The lowest BCUT2D eigenvalue weighted by molar-refractivity contribution is -0.116. The van der Waals surface area contributed by atoms with Crippen LogP contribution < -0.4 is 21.3 Å². The zero-order chi connectivity index (χ0) is 26.4. The quantitative estimate of drug-likeness (QED) is 0.422. The lowest BCUT2D eigenvalue weighted by Crippen LogP contribution is -2.37. The Morgan fingerprint density at radius 2 is 1.81 bits per heavy atom. The molecule has 1 amide bonds. The molecule has 0 atom stereocenters. The summed E-state index contributed by atoms with van der Waals surface area (Å²) in [5.74, 6) is -2.60. The van der Waals surface area contributed by atoms with Crippen molar-refractivity contribution in [2.75, 3.05) is 11.9 Å². The van der Waals surface area contributed by atoms with E-state index < -0.39 is 34.5 Å². The summed E-state index contributed by atoms with van der Waals surface area (Å²) in [6.45, 7) is 5.62. The van der Waals surface area contributed by atoms with E-state index >= 15 is 0 Å². The van der Waals surface area contributed by atoms with Crippen molar-refractivity contribution in [1.82, 2.24) is 18.7 Å². The molecule has 0 saturated heterocycles. The molecule has 3 heterocycles. The predicted molar refractivity (Wildman–Crippen MR) is 133 cm³/mol. The number of carbonyl (C=O) groups excluding carboxylic acids is 1. The van der Waals surface area contributed by atoms with Gasteiger partial charge in [-0.2, -0.15) is 0 Å². The van der Waals surface area contributed by atoms with E-state index in [-0.39, 0.29) is 40.5 Å². The Morgan fingerprint density at radius 3 is 2.44 bits per heavy atom. The van der Waals surface area contributed by atoms with E-state index in [0.29, 0.717) is 5.52 Å². The number of thiazole rings is 1. The Hall–Kier alpha value is -3.80. The summed E-state index contributed by atoms with van der Waals surface area (Å²) in [6.07, 6.45) is 1.55. The summed E-state index contributed by atoms with van der Waals surface area (Å²) in [5, 5.41) is 4.42. The Balaban J connectivity index is 1.51. The van der Waals surface area contributed by atoms with Gasteiger partial charge in [-0.3, -0.25) is 18.7 Å². The van der Waals surface area contributed by atoms with Crippen LogP contribution in [0.15, 0.2) is 39.4 Å². The maximum Gasteiger partial charge on any atom is 0.331 e. The summed E-state index contributed by atoms with van der Waals surface area (Å²) in [4.78, 5) is 41.6. The molecular weight excluding hydrogens is 492 g/mol. The molecule has 4 rings (SSSR count). The highest BCUT2D eigenvalue weighted by Crippen LogP contribution is 2.31. The van der Waals surface area contributed by atoms with Crippen LogP contribution in [-0.4, -0.2) is 31.2 Å². The van der Waals surface area contributed by atoms with Gasteiger partial charge in [0.05, 0.1) is 17.8 Å². The fraction of sp³-hybridized carbons (Fsp3) is 0.333. The monoisotopic (exact) mass is 517 g/mol. The lowest BCUT2D eigenvalue weighted by atomic mass is 9.99. The van der Waals surface area contributed by atoms with Gasteiger partial charge in [0.15, 0.2) is 22.5 Å². The molecule has 0 bridgehead atoms. The Morgan fingerprint density at radius 1 is 1.14 bits per heavy atom. The van der Waals surface area contributed by atoms with Gasteiger partial charge in [0.1, 0.15) is 12.1 Å². The SMILES string of the molecule is Cn1c(=O)c2c(ccn2CC(=O)Nc2nc(-c3cc(F)c(OCC(C)(C)C)c(F)c3)cs2)n(C)c1=O. The van der Waals surface area contributed by atoms with Crippen LogP contribution in [0.2, 0.25) is 0 Å². The first-order valence-electron chi connectivity index (χ1n) is 11.0. The van der Waals surface area contributed by atoms with Crippen LogP contribution in [0.1, 0.15) is 20.8 Å². The zero-order valence-corrected chi connectivity index (χ0v) is 21.2. The van der Waals surface area contributed by atoms with Gasteiger partial charge in [0.2, 0.25) is 5.91 Å². The van der Waals surface area contributed by atoms with Crippen molar-refractivity contribution >= 4 is 33.4 Å². The molecule has 0 spiro atoms. The lowest BCUT2D eigenvalue weighted by Gasteiger charge is -2.19. The normalized spacial score (nSPS) is 11.8. The van der Waals surface area contributed by atoms with Gasteiger partial charge in [-0.1, -0.05) is 20.8 Å². The number of rotatable bonds is 6. The third kappa shape index (κ3) is 4.94. The summed E-state index contributed by atoms with van der Waals surface area (Å²) in [6, 6.07) is 3.85. The molecule has 0 aliphatic carbocycles. The number of ether oxygens (including phenoxy) is 1. The molecule has 9 nitrogen and oxygen atoms in total. The van der Waals surface area contributed by atoms with E-state index in [2.05, 4.69) is 10.3 Å². The van der Waals surface area contributed by atoms with Crippen LogP contribution in [0, 0.1) is 17.0 Å². The minimum absolute atomic E-state index is 0.145. The molecule has 1 aromatic carbocycles. The Kier molecular flexibility index (Phi) is 6.56. The second kappa shape index (κ2) is 9.34. The zero-order valence-electron chi connectivity index (χ0n) is 20.4. The molecule has 36 heavy (non-hydrogen) atoms. The van der Waals surface area contributed by atoms with Crippen LogP contribution in [0.25, 0.3) is 22.3 Å². The van der Waals surface area contributed by atoms with Crippen molar-refractivity contribution in [2.24, 2.45) is 19.5 Å². The van der Waals surface area contributed by atoms with Gasteiger partial charge in [0, 0.05) is 31.2 Å². The smallest absolute Gasteiger partial charge is 0.331 e. The van der Waals surface area contributed by atoms with Gasteiger partial charge in [0.25, 0.3) is 5.56 Å². The number of fused-ring (bicyclic) bond motifs is 1. The molecule has 0 unspecified atom stereocenters. The van der Waals surface area contributed by atoms with Crippen molar-refractivity contribution in [3.8, 4) is 17.0 Å². The van der Waals surface area contributed by atoms with Crippen LogP contribution in [0.5, 0.6) is 5.75 Å². The van der Waals surface area contributed by atoms with Crippen LogP contribution in [0.4, 0.5) is 13.9 Å². The average molecular weight is 518 g/mol. The predicted octanol–water partition coefficient (Wildman–Crippen LogP) is 3.50. The van der Waals surface area contributed by atoms with E-state index in [1.165, 1.54) is 16.2 Å². The van der Waals surface area contributed by atoms with Crippen molar-refractivity contribution in [3.63, 3.8) is 0 Å². The summed E-state index contributed by atoms with van der Waals surface area (Å²) < 4.78 is 38.1. The number of aromatic nitrogens is 4. The fourth-order valence-electron chi connectivity index (χ4n) is 3.58. The molecule has 4 aromatic rings. The van der Waals surface area contributed by atoms with Crippen molar-refractivity contribution in [2.45, 2.75) is 27.3 Å². The van der Waals surface area contributed by atoms with E-state index in [1.807, 2.05) is 20.8 Å². The molecule has 12 heteroatoms. The third-order valence-corrected chi connectivity index (χ3v) is 6.15. The van der Waals surface area contributed by atoms with E-state index in [1.54, 1.807) is 24.7 Å². The molecule has 1 N–H and O–H groups in total. The first kappa shape index (κ1) is 25.3. The van der Waals surface area contributed by atoms with Gasteiger partial charge in [-0.25, -0.2) is 18.6 Å². The third-order valence-electron chi connectivity index (χ3n) is 5.39. The van der Waals surface area contributed by atoms with Crippen molar-refractivity contribution in [3.05, 3.63) is 62.2 Å². The number of anilines is 1. The second-order valence-corrected chi connectivity index (χ2v) is 10.4. The largest absolute Gasteiger partial charge is 0.487 e. The number of nitrogens with zero attached hydrogens (tertiary/aromatic N) is 4.